The molecule has 2 unspecified atom stereocenters. The van der Waals surface area contributed by atoms with Gasteiger partial charge in [-0.15, -0.1) is 0 Å². The van der Waals surface area contributed by atoms with Gasteiger partial charge in [0, 0.05) is 36.5 Å². The highest BCUT2D eigenvalue weighted by Gasteiger charge is 2.33. The number of hydrogen-bond donors (Lipinski definition) is 2. The van der Waals surface area contributed by atoms with E-state index < -0.39 is 35.6 Å². The molecule has 0 radical (unpaired) electrons. The Bertz CT molecular complexity index is 1180. The Labute approximate surface area is 226 Å². The van der Waals surface area contributed by atoms with E-state index in [2.05, 4.69) is 15.5 Å². The summed E-state index contributed by atoms with van der Waals surface area (Å²) in [5, 5.41) is 6.13. The Morgan fingerprint density at radius 3 is 2.38 bits per heavy atom. The minimum Gasteiger partial charge on any atom is -0.381 e. The smallest absolute Gasteiger partial charge is 0.266 e. The van der Waals surface area contributed by atoms with Crippen molar-refractivity contribution >= 4 is 17.3 Å². The number of anilines is 2. The third kappa shape index (κ3) is 6.17. The van der Waals surface area contributed by atoms with E-state index in [-0.39, 0.29) is 17.2 Å². The van der Waals surface area contributed by atoms with Gasteiger partial charge in [-0.3, -0.25) is 4.79 Å². The molecule has 2 N–H and O–H groups in total. The minimum atomic E-state index is -2.97. The summed E-state index contributed by atoms with van der Waals surface area (Å²) >= 11 is 0. The number of hydrogen-bond acceptors (Lipinski definition) is 5. The van der Waals surface area contributed by atoms with E-state index in [1.54, 1.807) is 13.0 Å². The van der Waals surface area contributed by atoms with Crippen LogP contribution < -0.4 is 15.5 Å². The van der Waals surface area contributed by atoms with E-state index in [0.29, 0.717) is 49.5 Å². The number of rotatable bonds is 7. The average molecular weight is 549 g/mol. The van der Waals surface area contributed by atoms with Crippen molar-refractivity contribution in [1.29, 1.82) is 0 Å². The first-order valence-corrected chi connectivity index (χ1v) is 13.7. The molecular formula is C29H36F4N4O2. The van der Waals surface area contributed by atoms with Gasteiger partial charge in [-0.25, -0.2) is 17.6 Å². The molecule has 6 nitrogen and oxygen atoms in total. The van der Waals surface area contributed by atoms with E-state index >= 15 is 4.39 Å². The molecule has 5 rings (SSSR count). The molecule has 10 heteroatoms. The maximum atomic E-state index is 15.6. The van der Waals surface area contributed by atoms with E-state index in [4.69, 9.17) is 4.74 Å². The van der Waals surface area contributed by atoms with Crippen molar-refractivity contribution in [2.75, 3.05) is 56.7 Å². The topological polar surface area (TPSA) is 56.8 Å². The van der Waals surface area contributed by atoms with Gasteiger partial charge in [-0.2, -0.15) is 0 Å². The zero-order valence-corrected chi connectivity index (χ0v) is 22.4. The number of halogens is 4. The maximum Gasteiger partial charge on any atom is 0.266 e. The molecule has 0 saturated carbocycles. The Kier molecular flexibility index (Phi) is 8.32. The summed E-state index contributed by atoms with van der Waals surface area (Å²) in [6, 6.07) is 5.91. The SMILES string of the molecule is C[C@@H](NC(=O)c1cc(N2CC3COCC(C3)C2)c(F)cc1NC1CCN(C)CC1)c1cccc(C(F)F)c1F. The van der Waals surface area contributed by atoms with Crippen LogP contribution in [0, 0.1) is 23.5 Å². The molecule has 3 fully saturated rings. The summed E-state index contributed by atoms with van der Waals surface area (Å²) in [5.41, 5.74) is 0.232. The molecule has 2 aromatic rings. The van der Waals surface area contributed by atoms with Crippen molar-refractivity contribution < 1.29 is 27.1 Å². The van der Waals surface area contributed by atoms with Crippen molar-refractivity contribution in [2.24, 2.45) is 11.8 Å². The van der Waals surface area contributed by atoms with Crippen LogP contribution in [0.1, 0.15) is 60.1 Å². The fraction of sp³-hybridized carbons (Fsp3) is 0.552. The molecule has 212 valence electrons. The van der Waals surface area contributed by atoms with Crippen molar-refractivity contribution in [3.05, 3.63) is 58.7 Å². The van der Waals surface area contributed by atoms with Crippen LogP contribution in [-0.4, -0.2) is 63.3 Å². The molecular weight excluding hydrogens is 512 g/mol. The molecule has 2 aromatic carbocycles. The zero-order chi connectivity index (χ0) is 27.7. The van der Waals surface area contributed by atoms with E-state index in [0.717, 1.165) is 38.4 Å². The number of fused-ring (bicyclic) bond motifs is 2. The van der Waals surface area contributed by atoms with Crippen LogP contribution >= 0.6 is 0 Å². The summed E-state index contributed by atoms with van der Waals surface area (Å²) in [7, 11) is 2.05. The number of benzene rings is 2. The average Bonchev–Trinajstić information content (AvgIpc) is 2.89. The highest BCUT2D eigenvalue weighted by Crippen LogP contribution is 2.35. The monoisotopic (exact) mass is 548 g/mol. The first kappa shape index (κ1) is 27.7. The minimum absolute atomic E-state index is 0.0304. The van der Waals surface area contributed by atoms with Gasteiger partial charge >= 0.3 is 0 Å². The third-order valence-electron chi connectivity index (χ3n) is 8.19. The standard InChI is InChI=1S/C29H36F4N4O2/c1-17(21-4-3-5-22(27(21)31)28(32)33)34-29(38)23-11-26(37-13-18-10-19(14-37)16-39-15-18)24(30)12-25(23)35-20-6-8-36(2)9-7-20/h3-5,11-12,17-20,28,35H,6-10,13-16H2,1-2H3,(H,34,38)/t17-,18?,19?/m1/s1. The van der Waals surface area contributed by atoms with Crippen molar-refractivity contribution in [3.63, 3.8) is 0 Å². The van der Waals surface area contributed by atoms with Gasteiger partial charge in [0.1, 0.15) is 11.6 Å². The number of nitrogens with zero attached hydrogens (tertiary/aromatic N) is 2. The van der Waals surface area contributed by atoms with E-state index in [1.807, 2.05) is 11.9 Å². The number of ether oxygens (including phenoxy) is 1. The lowest BCUT2D eigenvalue weighted by Crippen LogP contribution is -2.47. The lowest BCUT2D eigenvalue weighted by atomic mass is 9.87. The fourth-order valence-corrected chi connectivity index (χ4v) is 6.07. The van der Waals surface area contributed by atoms with Gasteiger partial charge in [-0.05, 0) is 58.5 Å². The predicted octanol–water partition coefficient (Wildman–Crippen LogP) is 5.37. The van der Waals surface area contributed by atoms with Crippen LogP contribution in [0.15, 0.2) is 30.3 Å². The van der Waals surface area contributed by atoms with Gasteiger partial charge in [0.25, 0.3) is 12.3 Å². The van der Waals surface area contributed by atoms with Gasteiger partial charge in [0.05, 0.1) is 41.8 Å². The quantitative estimate of drug-likeness (QED) is 0.456. The van der Waals surface area contributed by atoms with Crippen LogP contribution in [0.2, 0.25) is 0 Å². The first-order valence-electron chi connectivity index (χ1n) is 13.7. The van der Waals surface area contributed by atoms with Crippen LogP contribution in [0.3, 0.4) is 0 Å². The normalized spacial score (nSPS) is 23.1. The van der Waals surface area contributed by atoms with Gasteiger partial charge in [-0.1, -0.05) is 18.2 Å². The summed E-state index contributed by atoms with van der Waals surface area (Å²) in [4.78, 5) is 17.8. The van der Waals surface area contributed by atoms with Crippen LogP contribution in [0.25, 0.3) is 0 Å². The second-order valence-corrected chi connectivity index (χ2v) is 11.2. The Hall–Kier alpha value is -2.85. The summed E-state index contributed by atoms with van der Waals surface area (Å²) in [6.45, 7) is 5.86. The molecule has 0 aliphatic carbocycles. The molecule has 0 spiro atoms. The van der Waals surface area contributed by atoms with Gasteiger partial charge < -0.3 is 25.2 Å². The van der Waals surface area contributed by atoms with Crippen LogP contribution in [0.4, 0.5) is 28.9 Å². The van der Waals surface area contributed by atoms with Crippen molar-refractivity contribution in [1.82, 2.24) is 10.2 Å². The Morgan fingerprint density at radius 2 is 1.72 bits per heavy atom. The number of carbonyl (C=O) groups excluding carboxylic acids is 1. The molecule has 39 heavy (non-hydrogen) atoms. The molecule has 3 aliphatic rings. The molecule has 2 bridgehead atoms. The van der Waals surface area contributed by atoms with E-state index in [1.165, 1.54) is 18.2 Å². The zero-order valence-electron chi connectivity index (χ0n) is 22.4. The van der Waals surface area contributed by atoms with Crippen molar-refractivity contribution in [3.8, 4) is 0 Å². The molecule has 3 heterocycles. The van der Waals surface area contributed by atoms with Crippen LogP contribution in [-0.2, 0) is 4.74 Å². The van der Waals surface area contributed by atoms with Crippen LogP contribution in [0.5, 0.6) is 0 Å². The fourth-order valence-electron chi connectivity index (χ4n) is 6.07. The maximum absolute atomic E-state index is 15.6. The molecule has 0 aromatic heterocycles. The third-order valence-corrected chi connectivity index (χ3v) is 8.19. The molecule has 3 aliphatic heterocycles. The highest BCUT2D eigenvalue weighted by atomic mass is 19.3. The highest BCUT2D eigenvalue weighted by molar-refractivity contribution is 6.01. The lowest BCUT2D eigenvalue weighted by Gasteiger charge is -2.42. The number of nitrogens with one attached hydrogen (secondary N) is 2. The largest absolute Gasteiger partial charge is 0.381 e. The number of likely N-dealkylation sites (tertiary alicyclic amines) is 1. The molecule has 3 saturated heterocycles. The molecule has 1 amide bonds. The van der Waals surface area contributed by atoms with Crippen molar-refractivity contribution in [2.45, 2.75) is 44.7 Å². The van der Waals surface area contributed by atoms with Gasteiger partial charge in [0.2, 0.25) is 0 Å². The Balaban J connectivity index is 1.44. The summed E-state index contributed by atoms with van der Waals surface area (Å²) in [6.07, 6.45) is -0.230. The summed E-state index contributed by atoms with van der Waals surface area (Å²) < 4.78 is 62.6. The first-order chi connectivity index (χ1) is 18.7. The second-order valence-electron chi connectivity index (χ2n) is 11.2. The number of carbonyl (C=O) groups is 1. The second kappa shape index (κ2) is 11.7. The Morgan fingerprint density at radius 1 is 1.05 bits per heavy atom. The summed E-state index contributed by atoms with van der Waals surface area (Å²) in [5.74, 6) is -1.37. The van der Waals surface area contributed by atoms with Gasteiger partial charge in [0.15, 0.2) is 0 Å². The lowest BCUT2D eigenvalue weighted by molar-refractivity contribution is 0.00611. The number of alkyl halides is 2. The number of piperidine rings is 2. The molecule has 3 atom stereocenters. The van der Waals surface area contributed by atoms with E-state index in [9.17, 15) is 18.0 Å². The predicted molar refractivity (Wildman–Crippen MR) is 142 cm³/mol. The number of amides is 1.